The average Bonchev–Trinajstić information content (AvgIpc) is 3.16. The Kier molecular flexibility index (Phi) is 11.5. The first kappa shape index (κ1) is 38.8. The second kappa shape index (κ2) is 15.7. The van der Waals surface area contributed by atoms with Crippen LogP contribution in [0.25, 0.3) is 0 Å². The molecule has 9 aliphatic rings. The zero-order valence-corrected chi connectivity index (χ0v) is 32.0. The number of hydrogen-bond acceptors (Lipinski definition) is 14. The lowest BCUT2D eigenvalue weighted by atomic mass is 9.52. The van der Waals surface area contributed by atoms with Gasteiger partial charge in [-0.3, -0.25) is 14.9 Å². The maximum Gasteiger partial charge on any atom is 0.187 e. The molecule has 5 heterocycles. The number of piperidine rings is 2. The molecule has 296 valence electrons. The molecule has 8 bridgehead atoms. The van der Waals surface area contributed by atoms with Crippen LogP contribution in [-0.4, -0.2) is 116 Å². The van der Waals surface area contributed by atoms with Gasteiger partial charge < -0.3 is 45.4 Å². The monoisotopic (exact) mass is 778 g/mol. The van der Waals surface area contributed by atoms with Crippen LogP contribution in [0.3, 0.4) is 0 Å². The lowest BCUT2D eigenvalue weighted by Crippen LogP contribution is -2.69. The van der Waals surface area contributed by atoms with Gasteiger partial charge in [0.1, 0.15) is 40.9 Å². The number of rotatable bonds is 4. The van der Waals surface area contributed by atoms with Gasteiger partial charge in [0.15, 0.2) is 12.1 Å². The van der Waals surface area contributed by atoms with E-state index in [9.17, 15) is 35.4 Å². The van der Waals surface area contributed by atoms with Crippen molar-refractivity contribution in [3.05, 3.63) is 23.5 Å². The van der Waals surface area contributed by atoms with Crippen molar-refractivity contribution in [2.45, 2.75) is 131 Å². The molecule has 53 heavy (non-hydrogen) atoms. The van der Waals surface area contributed by atoms with E-state index in [2.05, 4.69) is 10.6 Å². The van der Waals surface area contributed by atoms with E-state index in [1.165, 1.54) is 10.8 Å². The van der Waals surface area contributed by atoms with Crippen LogP contribution < -0.4 is 10.6 Å². The molecule has 5 saturated heterocycles. The summed E-state index contributed by atoms with van der Waals surface area (Å²) in [7, 11) is 3.18. The molecule has 1 spiro atoms. The zero-order valence-electron chi connectivity index (χ0n) is 30.4. The number of aliphatic hydroxyl groups excluding tert-OH is 5. The SMILES string of the molecule is O=C1C2CCCC3OC4OC(CO)C(O)C(O)(CCC5CCNC6NC(CCC56)SSCC5(C(=O)C32)C(O)=CC(CC2CCCC(CO)C2)=CC15)C4O. The fourth-order valence-corrected chi connectivity index (χ4v) is 14.6. The second-order valence-electron chi connectivity index (χ2n) is 17.4. The minimum Gasteiger partial charge on any atom is -0.511 e. The van der Waals surface area contributed by atoms with Gasteiger partial charge >= 0.3 is 0 Å². The second-order valence-corrected chi connectivity index (χ2v) is 20.0. The molecule has 16 unspecified atom stereocenters. The fraction of sp³-hybridized carbons (Fsp3) is 0.846. The first-order valence-corrected chi connectivity index (χ1v) is 22.5. The summed E-state index contributed by atoms with van der Waals surface area (Å²) in [6.45, 7) is 0.331. The van der Waals surface area contributed by atoms with E-state index in [1.807, 2.05) is 6.08 Å². The molecule has 5 aliphatic heterocycles. The Morgan fingerprint density at radius 2 is 1.74 bits per heavy atom. The van der Waals surface area contributed by atoms with Crippen molar-refractivity contribution < 1.29 is 49.7 Å². The first-order chi connectivity index (χ1) is 25.6. The summed E-state index contributed by atoms with van der Waals surface area (Å²) in [5.74, 6) is -1.52. The Balaban J connectivity index is 1.15. The third-order valence-corrected chi connectivity index (χ3v) is 17.2. The van der Waals surface area contributed by atoms with Gasteiger partial charge in [-0.25, -0.2) is 0 Å². The minimum atomic E-state index is -2.03. The number of ether oxygens (including phenoxy) is 2. The molecular formula is C39H58N2O10S2. The molecule has 8 fully saturated rings. The number of fused-ring (bicyclic) bond motifs is 4. The van der Waals surface area contributed by atoms with E-state index < -0.39 is 66.1 Å². The molecular weight excluding hydrogens is 721 g/mol. The quantitative estimate of drug-likeness (QED) is 0.194. The summed E-state index contributed by atoms with van der Waals surface area (Å²) in [6, 6.07) is 0. The standard InChI is InChI=1S/C39H58N2O10S2/c42-17-21-4-1-3-20(13-21)14-22-15-26-32(45)25-5-2-6-27-31(25)34(47)38(26,29(44)16-22)19-52-53-30-8-7-24-23(10-12-40-36(24)41-30)9-11-39(49)33(46)28(18-43)51-37(50-27)35(39)48/h15-16,20-21,23-28,30-31,33,35-37,40-44,46,48-49H,1-14,17-19H2. The molecule has 0 amide bonds. The van der Waals surface area contributed by atoms with Gasteiger partial charge in [-0.1, -0.05) is 46.9 Å². The van der Waals surface area contributed by atoms with Crippen molar-refractivity contribution in [2.24, 2.45) is 46.8 Å². The van der Waals surface area contributed by atoms with Gasteiger partial charge in [0, 0.05) is 18.3 Å². The molecule has 16 atom stereocenters. The van der Waals surface area contributed by atoms with Crippen molar-refractivity contribution in [3.63, 3.8) is 0 Å². The van der Waals surface area contributed by atoms with Crippen molar-refractivity contribution >= 4 is 33.2 Å². The lowest BCUT2D eigenvalue weighted by molar-refractivity contribution is -0.346. The molecule has 8 N–H and O–H groups in total. The summed E-state index contributed by atoms with van der Waals surface area (Å²) in [5, 5.41) is 74.8. The third-order valence-electron chi connectivity index (χ3n) is 14.5. The number of aliphatic hydroxyl groups is 6. The molecule has 12 nitrogen and oxygen atoms in total. The minimum absolute atomic E-state index is 0.0335. The Bertz CT molecular complexity index is 1450. The smallest absolute Gasteiger partial charge is 0.187 e. The zero-order chi connectivity index (χ0) is 37.1. The van der Waals surface area contributed by atoms with Crippen molar-refractivity contribution in [1.82, 2.24) is 10.6 Å². The van der Waals surface area contributed by atoms with Gasteiger partial charge in [0.05, 0.1) is 36.1 Å². The molecule has 0 radical (unpaired) electrons. The van der Waals surface area contributed by atoms with Gasteiger partial charge in [0.2, 0.25) is 0 Å². The molecule has 14 heteroatoms. The summed E-state index contributed by atoms with van der Waals surface area (Å²) in [5.41, 5.74) is -2.66. The van der Waals surface area contributed by atoms with Crippen LogP contribution in [0.4, 0.5) is 0 Å². The van der Waals surface area contributed by atoms with Crippen LogP contribution >= 0.6 is 21.6 Å². The van der Waals surface area contributed by atoms with Crippen LogP contribution in [-0.2, 0) is 19.1 Å². The van der Waals surface area contributed by atoms with E-state index in [0.717, 1.165) is 57.1 Å². The normalized spacial score (nSPS) is 49.2. The number of ketones is 2. The van der Waals surface area contributed by atoms with Crippen molar-refractivity contribution in [3.8, 4) is 0 Å². The predicted molar refractivity (Wildman–Crippen MR) is 199 cm³/mol. The number of hydrogen-bond donors (Lipinski definition) is 8. The largest absolute Gasteiger partial charge is 0.511 e. The van der Waals surface area contributed by atoms with E-state index >= 15 is 4.79 Å². The predicted octanol–water partition coefficient (Wildman–Crippen LogP) is 2.72. The van der Waals surface area contributed by atoms with Gasteiger partial charge in [0.25, 0.3) is 0 Å². The molecule has 0 aromatic heterocycles. The number of allylic oxidation sites excluding steroid dienone is 4. The number of carbonyl (C=O) groups is 2. The van der Waals surface area contributed by atoms with Crippen LogP contribution in [0, 0.1) is 46.8 Å². The Hall–Kier alpha value is -1.04. The summed E-state index contributed by atoms with van der Waals surface area (Å²) < 4.78 is 12.4. The highest BCUT2D eigenvalue weighted by Crippen LogP contribution is 2.57. The molecule has 3 saturated carbocycles. The highest BCUT2D eigenvalue weighted by molar-refractivity contribution is 8.76. The van der Waals surface area contributed by atoms with Gasteiger partial charge in [-0.2, -0.15) is 0 Å². The fourth-order valence-electron chi connectivity index (χ4n) is 11.5. The molecule has 9 rings (SSSR count). The molecule has 4 aliphatic carbocycles. The Morgan fingerprint density at radius 3 is 2.55 bits per heavy atom. The summed E-state index contributed by atoms with van der Waals surface area (Å²) in [4.78, 5) is 30.0. The Labute approximate surface area is 319 Å². The summed E-state index contributed by atoms with van der Waals surface area (Å²) >= 11 is 0. The average molecular weight is 779 g/mol. The number of nitrogens with one attached hydrogen (secondary N) is 2. The van der Waals surface area contributed by atoms with Crippen LogP contribution in [0.2, 0.25) is 0 Å². The molecule has 0 aromatic rings. The maximum atomic E-state index is 15.2. The topological polar surface area (TPSA) is 198 Å². The third kappa shape index (κ3) is 6.91. The highest BCUT2D eigenvalue weighted by atomic mass is 33.1. The van der Waals surface area contributed by atoms with Crippen LogP contribution in [0.15, 0.2) is 23.5 Å². The van der Waals surface area contributed by atoms with Gasteiger partial charge in [-0.05, 0) is 106 Å². The van der Waals surface area contributed by atoms with E-state index in [4.69, 9.17) is 9.47 Å². The number of Topliss-reactive ketones (excluding diaryl/α,β-unsaturated/α-hetero) is 2. The van der Waals surface area contributed by atoms with E-state index in [0.29, 0.717) is 38.0 Å². The molecule has 0 aromatic carbocycles. The first-order valence-electron chi connectivity index (χ1n) is 20.2. The van der Waals surface area contributed by atoms with E-state index in [-0.39, 0.29) is 65.4 Å². The van der Waals surface area contributed by atoms with Crippen LogP contribution in [0.5, 0.6) is 0 Å². The maximum absolute atomic E-state index is 15.2. The summed E-state index contributed by atoms with van der Waals surface area (Å²) in [6.07, 6.45) is 6.40. The number of carbonyl (C=O) groups excluding carboxylic acids is 2. The van der Waals surface area contributed by atoms with Crippen molar-refractivity contribution in [1.29, 1.82) is 0 Å². The van der Waals surface area contributed by atoms with Crippen molar-refractivity contribution in [2.75, 3.05) is 25.5 Å². The van der Waals surface area contributed by atoms with Gasteiger partial charge in [-0.15, -0.1) is 0 Å². The van der Waals surface area contributed by atoms with Crippen LogP contribution in [0.1, 0.15) is 83.5 Å². The highest BCUT2D eigenvalue weighted by Gasteiger charge is 2.64. The van der Waals surface area contributed by atoms with E-state index in [1.54, 1.807) is 16.9 Å². The Morgan fingerprint density at radius 1 is 0.925 bits per heavy atom. The lowest BCUT2D eigenvalue weighted by Gasteiger charge is -2.53.